The smallest absolute Gasteiger partial charge is 0.281 e. The van der Waals surface area contributed by atoms with Crippen LogP contribution in [0.2, 0.25) is 10.0 Å². The molecular formula is C16H12Cl2N2O2. The maximum Gasteiger partial charge on any atom is 0.281 e. The summed E-state index contributed by atoms with van der Waals surface area (Å²) in [5.74, 6) is -0.200. The summed E-state index contributed by atoms with van der Waals surface area (Å²) in [6, 6.07) is 12.8. The maximum atomic E-state index is 12.6. The molecule has 0 fully saturated rings. The van der Waals surface area contributed by atoms with E-state index in [9.17, 15) is 4.79 Å². The van der Waals surface area contributed by atoms with Gasteiger partial charge < -0.3 is 9.74 Å². The molecule has 0 saturated heterocycles. The first-order valence-electron chi connectivity index (χ1n) is 6.58. The van der Waals surface area contributed by atoms with Crippen molar-refractivity contribution in [3.05, 3.63) is 63.6 Å². The third-order valence-corrected chi connectivity index (χ3v) is 4.14. The Kier molecular flexibility index (Phi) is 4.05. The van der Waals surface area contributed by atoms with E-state index >= 15 is 0 Å². The van der Waals surface area contributed by atoms with E-state index in [0.29, 0.717) is 22.3 Å². The molecule has 0 N–H and O–H groups in total. The summed E-state index contributed by atoms with van der Waals surface area (Å²) in [7, 11) is 1.42. The standard InChI is InChI=1S/C16H12Cl2N2O2/c1-22-19-15-11-4-2-3-5-14(11)20(16(15)21)9-10-6-7-12(17)13(18)8-10/h2-8H,9H2,1H3/b19-15+. The molecule has 0 aromatic heterocycles. The number of carbonyl (C=O) groups is 1. The normalized spacial score (nSPS) is 15.3. The minimum Gasteiger partial charge on any atom is -0.398 e. The molecule has 0 saturated carbocycles. The number of anilines is 1. The largest absolute Gasteiger partial charge is 0.398 e. The van der Waals surface area contributed by atoms with Crippen LogP contribution in [0.15, 0.2) is 47.6 Å². The fraction of sp³-hybridized carbons (Fsp3) is 0.125. The van der Waals surface area contributed by atoms with Gasteiger partial charge in [0.05, 0.1) is 22.3 Å². The van der Waals surface area contributed by atoms with Crippen LogP contribution in [0.5, 0.6) is 0 Å². The van der Waals surface area contributed by atoms with Crippen LogP contribution in [0, 0.1) is 0 Å². The number of hydrogen-bond donors (Lipinski definition) is 0. The van der Waals surface area contributed by atoms with Crippen LogP contribution in [0.4, 0.5) is 5.69 Å². The zero-order valence-electron chi connectivity index (χ0n) is 11.7. The second kappa shape index (κ2) is 5.99. The van der Waals surface area contributed by atoms with Gasteiger partial charge in [-0.05, 0) is 23.8 Å². The van der Waals surface area contributed by atoms with Gasteiger partial charge in [0, 0.05) is 5.56 Å². The molecule has 1 amide bonds. The van der Waals surface area contributed by atoms with Crippen molar-refractivity contribution in [1.29, 1.82) is 0 Å². The molecule has 0 radical (unpaired) electrons. The number of nitrogens with zero attached hydrogens (tertiary/aromatic N) is 2. The lowest BCUT2D eigenvalue weighted by atomic mass is 10.1. The summed E-state index contributed by atoms with van der Waals surface area (Å²) in [4.78, 5) is 19.0. The van der Waals surface area contributed by atoms with Crippen LogP contribution < -0.4 is 4.90 Å². The van der Waals surface area contributed by atoms with E-state index < -0.39 is 0 Å². The van der Waals surface area contributed by atoms with Gasteiger partial charge in [0.2, 0.25) is 0 Å². The Balaban J connectivity index is 1.99. The quantitative estimate of drug-likeness (QED) is 0.799. The molecule has 3 rings (SSSR count). The fourth-order valence-electron chi connectivity index (χ4n) is 2.42. The highest BCUT2D eigenvalue weighted by molar-refractivity contribution is 6.54. The van der Waals surface area contributed by atoms with Crippen LogP contribution in [0.25, 0.3) is 0 Å². The number of hydrogen-bond acceptors (Lipinski definition) is 3. The van der Waals surface area contributed by atoms with Gasteiger partial charge in [0.15, 0.2) is 5.71 Å². The summed E-state index contributed by atoms with van der Waals surface area (Å²) < 4.78 is 0. The number of rotatable bonds is 3. The van der Waals surface area contributed by atoms with E-state index in [1.165, 1.54) is 7.11 Å². The van der Waals surface area contributed by atoms with Crippen LogP contribution in [-0.2, 0) is 16.2 Å². The molecule has 0 aliphatic carbocycles. The van der Waals surface area contributed by atoms with Gasteiger partial charge in [-0.15, -0.1) is 0 Å². The molecular weight excluding hydrogens is 323 g/mol. The Morgan fingerprint density at radius 3 is 2.64 bits per heavy atom. The van der Waals surface area contributed by atoms with Crippen LogP contribution in [-0.4, -0.2) is 18.7 Å². The number of fused-ring (bicyclic) bond motifs is 1. The molecule has 0 atom stereocenters. The molecule has 0 bridgehead atoms. The number of oxime groups is 1. The van der Waals surface area contributed by atoms with Crippen molar-refractivity contribution < 1.29 is 9.63 Å². The number of amides is 1. The Labute approximate surface area is 137 Å². The average Bonchev–Trinajstić information content (AvgIpc) is 2.77. The molecule has 6 heteroatoms. The zero-order chi connectivity index (χ0) is 15.7. The summed E-state index contributed by atoms with van der Waals surface area (Å²) in [6.07, 6.45) is 0. The van der Waals surface area contributed by atoms with Crippen molar-refractivity contribution >= 4 is 40.5 Å². The van der Waals surface area contributed by atoms with Gasteiger partial charge in [-0.2, -0.15) is 0 Å². The highest BCUT2D eigenvalue weighted by Gasteiger charge is 2.34. The number of carbonyl (C=O) groups excluding carboxylic acids is 1. The lowest BCUT2D eigenvalue weighted by Gasteiger charge is -2.17. The van der Waals surface area contributed by atoms with E-state index in [0.717, 1.165) is 16.8 Å². The SMILES string of the molecule is CO/N=C1/C(=O)N(Cc2ccc(Cl)c(Cl)c2)c2ccccc21. The lowest BCUT2D eigenvalue weighted by Crippen LogP contribution is -2.29. The van der Waals surface area contributed by atoms with Crippen LogP contribution >= 0.6 is 23.2 Å². The number of halogens is 2. The highest BCUT2D eigenvalue weighted by Crippen LogP contribution is 2.31. The summed E-state index contributed by atoms with van der Waals surface area (Å²) >= 11 is 12.0. The molecule has 2 aromatic rings. The summed E-state index contributed by atoms with van der Waals surface area (Å²) in [6.45, 7) is 0.384. The molecule has 112 valence electrons. The molecule has 1 aliphatic heterocycles. The molecule has 4 nitrogen and oxygen atoms in total. The third-order valence-electron chi connectivity index (χ3n) is 3.40. The zero-order valence-corrected chi connectivity index (χ0v) is 13.2. The van der Waals surface area contributed by atoms with Crippen molar-refractivity contribution in [2.24, 2.45) is 5.16 Å². The third kappa shape index (κ3) is 2.56. The number of para-hydroxylation sites is 1. The fourth-order valence-corrected chi connectivity index (χ4v) is 2.74. The van der Waals surface area contributed by atoms with E-state index in [1.54, 1.807) is 17.0 Å². The molecule has 0 unspecified atom stereocenters. The van der Waals surface area contributed by atoms with Gasteiger partial charge >= 0.3 is 0 Å². The minimum atomic E-state index is -0.200. The van der Waals surface area contributed by atoms with Gasteiger partial charge in [-0.25, -0.2) is 0 Å². The summed E-state index contributed by atoms with van der Waals surface area (Å²) in [5.41, 5.74) is 2.75. The van der Waals surface area contributed by atoms with E-state index in [1.807, 2.05) is 30.3 Å². The first kappa shape index (κ1) is 14.9. The van der Waals surface area contributed by atoms with Crippen molar-refractivity contribution in [3.63, 3.8) is 0 Å². The topological polar surface area (TPSA) is 41.9 Å². The molecule has 0 spiro atoms. The highest BCUT2D eigenvalue weighted by atomic mass is 35.5. The molecule has 22 heavy (non-hydrogen) atoms. The van der Waals surface area contributed by atoms with E-state index in [-0.39, 0.29) is 5.91 Å². The van der Waals surface area contributed by atoms with Crippen molar-refractivity contribution in [1.82, 2.24) is 0 Å². The second-order valence-corrected chi connectivity index (χ2v) is 5.59. The Morgan fingerprint density at radius 1 is 1.14 bits per heavy atom. The van der Waals surface area contributed by atoms with E-state index in [4.69, 9.17) is 28.0 Å². The maximum absolute atomic E-state index is 12.6. The first-order valence-corrected chi connectivity index (χ1v) is 7.33. The van der Waals surface area contributed by atoms with Gasteiger partial charge in [0.1, 0.15) is 7.11 Å². The second-order valence-electron chi connectivity index (χ2n) is 4.78. The number of benzene rings is 2. The Bertz CT molecular complexity index is 774. The van der Waals surface area contributed by atoms with E-state index in [2.05, 4.69) is 5.16 Å². The lowest BCUT2D eigenvalue weighted by molar-refractivity contribution is -0.112. The first-order chi connectivity index (χ1) is 10.6. The monoisotopic (exact) mass is 334 g/mol. The molecule has 1 heterocycles. The Morgan fingerprint density at radius 2 is 1.91 bits per heavy atom. The van der Waals surface area contributed by atoms with Gasteiger partial charge in [-0.1, -0.05) is 52.6 Å². The predicted molar refractivity (Wildman–Crippen MR) is 87.6 cm³/mol. The molecule has 1 aliphatic rings. The van der Waals surface area contributed by atoms with Crippen LogP contribution in [0.3, 0.4) is 0 Å². The van der Waals surface area contributed by atoms with Crippen molar-refractivity contribution in [3.8, 4) is 0 Å². The van der Waals surface area contributed by atoms with Crippen molar-refractivity contribution in [2.75, 3.05) is 12.0 Å². The molecule has 2 aromatic carbocycles. The van der Waals surface area contributed by atoms with Crippen LogP contribution in [0.1, 0.15) is 11.1 Å². The van der Waals surface area contributed by atoms with Crippen molar-refractivity contribution in [2.45, 2.75) is 6.54 Å². The Hall–Kier alpha value is -2.04. The summed E-state index contributed by atoms with van der Waals surface area (Å²) in [5, 5.41) is 4.80. The predicted octanol–water partition coefficient (Wildman–Crippen LogP) is 3.89. The minimum absolute atomic E-state index is 0.200. The average molecular weight is 335 g/mol. The van der Waals surface area contributed by atoms with Gasteiger partial charge in [-0.3, -0.25) is 4.79 Å². The van der Waals surface area contributed by atoms with Gasteiger partial charge in [0.25, 0.3) is 5.91 Å².